The zero-order valence-corrected chi connectivity index (χ0v) is 14.8. The van der Waals surface area contributed by atoms with E-state index in [1.165, 1.54) is 11.1 Å². The molecule has 0 saturated carbocycles. The Bertz CT molecular complexity index is 760. The van der Waals surface area contributed by atoms with Crippen molar-refractivity contribution >= 4 is 0 Å². The largest absolute Gasteiger partial charge is 0.497 e. The highest BCUT2D eigenvalue weighted by Crippen LogP contribution is 2.50. The van der Waals surface area contributed by atoms with Crippen molar-refractivity contribution in [2.75, 3.05) is 33.4 Å². The predicted octanol–water partition coefficient (Wildman–Crippen LogP) is 1.88. The van der Waals surface area contributed by atoms with Gasteiger partial charge in [-0.2, -0.15) is 5.10 Å². The molecule has 2 aliphatic heterocycles. The number of aryl methyl sites for hydroxylation is 1. The molecule has 4 rings (SSSR count). The fourth-order valence-electron chi connectivity index (χ4n) is 4.17. The van der Waals surface area contributed by atoms with Gasteiger partial charge in [-0.1, -0.05) is 6.07 Å². The van der Waals surface area contributed by atoms with Crippen LogP contribution in [0.15, 0.2) is 30.6 Å². The summed E-state index contributed by atoms with van der Waals surface area (Å²) in [6, 6.07) is 6.01. The maximum atomic E-state index is 10.2. The van der Waals surface area contributed by atoms with Gasteiger partial charge in [0.2, 0.25) is 0 Å². The van der Waals surface area contributed by atoms with Crippen LogP contribution in [0.3, 0.4) is 0 Å². The maximum Gasteiger partial charge on any atom is 0.126 e. The standard InChI is InChI=1S/C19H25N3O3/c1-3-22-9-14(7-20-22)8-21-10-17-16-5-4-15(24-2)6-18(16)25-13-19(17,11-21)12-23/h4-7,9,17,23H,3,8,10-13H2,1-2H3/t17-,19-/m1/s1. The van der Waals surface area contributed by atoms with E-state index in [1.807, 2.05) is 23.0 Å². The van der Waals surface area contributed by atoms with Crippen LogP contribution in [-0.4, -0.2) is 53.2 Å². The van der Waals surface area contributed by atoms with Crippen LogP contribution < -0.4 is 9.47 Å². The summed E-state index contributed by atoms with van der Waals surface area (Å²) in [4.78, 5) is 2.40. The lowest BCUT2D eigenvalue weighted by Crippen LogP contribution is -2.42. The fraction of sp³-hybridized carbons (Fsp3) is 0.526. The van der Waals surface area contributed by atoms with Gasteiger partial charge in [0.1, 0.15) is 11.5 Å². The molecule has 0 aliphatic carbocycles. The zero-order valence-electron chi connectivity index (χ0n) is 14.8. The second-order valence-corrected chi connectivity index (χ2v) is 7.14. The average molecular weight is 343 g/mol. The van der Waals surface area contributed by atoms with Gasteiger partial charge in [-0.05, 0) is 18.6 Å². The Hall–Kier alpha value is -2.05. The summed E-state index contributed by atoms with van der Waals surface area (Å²) in [6.07, 6.45) is 4.04. The number of aliphatic hydroxyl groups excluding tert-OH is 1. The van der Waals surface area contributed by atoms with Crippen molar-refractivity contribution in [3.63, 3.8) is 0 Å². The van der Waals surface area contributed by atoms with Crippen molar-refractivity contribution < 1.29 is 14.6 Å². The molecule has 0 unspecified atom stereocenters. The van der Waals surface area contributed by atoms with E-state index >= 15 is 0 Å². The molecule has 2 aromatic rings. The van der Waals surface area contributed by atoms with Crippen molar-refractivity contribution in [1.82, 2.24) is 14.7 Å². The van der Waals surface area contributed by atoms with Crippen molar-refractivity contribution in [3.8, 4) is 11.5 Å². The lowest BCUT2D eigenvalue weighted by molar-refractivity contribution is 0.0456. The number of fused-ring (bicyclic) bond motifs is 3. The van der Waals surface area contributed by atoms with Crippen LogP contribution in [0.2, 0.25) is 0 Å². The van der Waals surface area contributed by atoms with Crippen molar-refractivity contribution in [3.05, 3.63) is 41.7 Å². The number of aromatic nitrogens is 2. The van der Waals surface area contributed by atoms with Gasteiger partial charge >= 0.3 is 0 Å². The van der Waals surface area contributed by atoms with E-state index in [1.54, 1.807) is 7.11 Å². The molecule has 3 heterocycles. The molecular weight excluding hydrogens is 318 g/mol. The third kappa shape index (κ3) is 2.79. The van der Waals surface area contributed by atoms with Crippen molar-refractivity contribution in [2.24, 2.45) is 5.41 Å². The van der Waals surface area contributed by atoms with Gasteiger partial charge < -0.3 is 14.6 Å². The summed E-state index contributed by atoms with van der Waals surface area (Å²) >= 11 is 0. The van der Waals surface area contributed by atoms with E-state index in [2.05, 4.69) is 29.2 Å². The number of nitrogens with zero attached hydrogens (tertiary/aromatic N) is 3. The van der Waals surface area contributed by atoms with E-state index in [4.69, 9.17) is 9.47 Å². The van der Waals surface area contributed by atoms with Crippen LogP contribution in [0.1, 0.15) is 24.0 Å². The summed E-state index contributed by atoms with van der Waals surface area (Å²) in [5.74, 6) is 1.96. The van der Waals surface area contributed by atoms with Crippen LogP contribution in [0.25, 0.3) is 0 Å². The molecule has 1 fully saturated rings. The second-order valence-electron chi connectivity index (χ2n) is 7.14. The SMILES string of the molecule is CCn1cc(CN2C[C@@H]3c4ccc(OC)cc4OC[C@]3(CO)C2)cn1. The number of likely N-dealkylation sites (tertiary alicyclic amines) is 1. The maximum absolute atomic E-state index is 10.2. The van der Waals surface area contributed by atoms with Crippen LogP contribution >= 0.6 is 0 Å². The highest BCUT2D eigenvalue weighted by Gasteiger charge is 2.50. The lowest BCUT2D eigenvalue weighted by Gasteiger charge is -2.38. The molecule has 1 N–H and O–H groups in total. The zero-order chi connectivity index (χ0) is 17.4. The Kier molecular flexibility index (Phi) is 4.17. The molecule has 0 radical (unpaired) electrons. The van der Waals surface area contributed by atoms with E-state index in [-0.39, 0.29) is 17.9 Å². The minimum Gasteiger partial charge on any atom is -0.497 e. The third-order valence-electron chi connectivity index (χ3n) is 5.56. The monoisotopic (exact) mass is 343 g/mol. The first-order valence-electron chi connectivity index (χ1n) is 8.83. The molecule has 6 nitrogen and oxygen atoms in total. The molecular formula is C19H25N3O3. The first-order valence-corrected chi connectivity index (χ1v) is 8.83. The van der Waals surface area contributed by atoms with E-state index < -0.39 is 0 Å². The molecule has 1 saturated heterocycles. The quantitative estimate of drug-likeness (QED) is 0.898. The van der Waals surface area contributed by atoms with Crippen molar-refractivity contribution in [1.29, 1.82) is 0 Å². The molecule has 1 aromatic carbocycles. The average Bonchev–Trinajstić information content (AvgIpc) is 3.25. The summed E-state index contributed by atoms with van der Waals surface area (Å²) in [6.45, 7) is 6.24. The van der Waals surface area contributed by atoms with Crippen LogP contribution in [0.5, 0.6) is 11.5 Å². The van der Waals surface area contributed by atoms with Crippen molar-refractivity contribution in [2.45, 2.75) is 25.9 Å². The summed E-state index contributed by atoms with van der Waals surface area (Å²) in [7, 11) is 1.66. The normalized spacial score (nSPS) is 25.3. The Balaban J connectivity index is 1.58. The van der Waals surface area contributed by atoms with E-state index in [0.29, 0.717) is 6.61 Å². The Morgan fingerprint density at radius 1 is 1.44 bits per heavy atom. The molecule has 0 spiro atoms. The molecule has 2 aliphatic rings. The van der Waals surface area contributed by atoms with E-state index in [9.17, 15) is 5.11 Å². The number of benzene rings is 1. The third-order valence-corrected chi connectivity index (χ3v) is 5.56. The van der Waals surface area contributed by atoms with Crippen LogP contribution in [0.4, 0.5) is 0 Å². The number of hydrogen-bond acceptors (Lipinski definition) is 5. The fourth-order valence-corrected chi connectivity index (χ4v) is 4.17. The van der Waals surface area contributed by atoms with Gasteiger partial charge in [-0.25, -0.2) is 0 Å². The number of hydrogen-bond donors (Lipinski definition) is 1. The summed E-state index contributed by atoms with van der Waals surface area (Å²) in [5.41, 5.74) is 2.15. The Morgan fingerprint density at radius 2 is 2.32 bits per heavy atom. The lowest BCUT2D eigenvalue weighted by atomic mass is 9.74. The van der Waals surface area contributed by atoms with E-state index in [0.717, 1.165) is 37.7 Å². The van der Waals surface area contributed by atoms with Gasteiger partial charge in [-0.15, -0.1) is 0 Å². The van der Waals surface area contributed by atoms with Gasteiger partial charge in [0.05, 0.1) is 26.5 Å². The second kappa shape index (κ2) is 6.35. The molecule has 2 atom stereocenters. The number of aliphatic hydroxyl groups is 1. The molecule has 134 valence electrons. The molecule has 1 aromatic heterocycles. The topological polar surface area (TPSA) is 59.8 Å². The van der Waals surface area contributed by atoms with Crippen LogP contribution in [0, 0.1) is 5.41 Å². The highest BCUT2D eigenvalue weighted by molar-refractivity contribution is 5.46. The first-order chi connectivity index (χ1) is 12.2. The first kappa shape index (κ1) is 16.4. The number of ether oxygens (including phenoxy) is 2. The minimum absolute atomic E-state index is 0.133. The molecule has 0 amide bonds. The summed E-state index contributed by atoms with van der Waals surface area (Å²) < 4.78 is 13.3. The summed E-state index contributed by atoms with van der Waals surface area (Å²) in [5, 5.41) is 14.5. The minimum atomic E-state index is -0.234. The molecule has 0 bridgehead atoms. The Labute approximate surface area is 148 Å². The molecule has 6 heteroatoms. The van der Waals surface area contributed by atoms with Crippen LogP contribution in [-0.2, 0) is 13.1 Å². The number of methoxy groups -OCH3 is 1. The Morgan fingerprint density at radius 3 is 3.04 bits per heavy atom. The van der Waals surface area contributed by atoms with Gasteiger partial charge in [-0.3, -0.25) is 9.58 Å². The predicted molar refractivity (Wildman–Crippen MR) is 93.9 cm³/mol. The molecule has 25 heavy (non-hydrogen) atoms. The van der Waals surface area contributed by atoms with Gasteiger partial charge in [0.25, 0.3) is 0 Å². The number of rotatable bonds is 5. The smallest absolute Gasteiger partial charge is 0.126 e. The highest BCUT2D eigenvalue weighted by atomic mass is 16.5. The van der Waals surface area contributed by atoms with Gasteiger partial charge in [0.15, 0.2) is 0 Å². The van der Waals surface area contributed by atoms with Gasteiger partial charge in [0, 0.05) is 55.3 Å².